The van der Waals surface area contributed by atoms with E-state index in [1.807, 2.05) is 4.44 Å². The Labute approximate surface area is 62.3 Å². The van der Waals surface area contributed by atoms with Crippen LogP contribution < -0.4 is 0 Å². The second-order valence-corrected chi connectivity index (χ2v) is 6.23. The molecule has 0 amide bonds. The van der Waals surface area contributed by atoms with Gasteiger partial charge in [0, 0.05) is 0 Å². The molecule has 1 heteroatoms. The average Bonchev–Trinajstić information content (AvgIpc) is 1.90. The molecule has 50 valence electrons. The molecular weight excluding hydrogens is 123 g/mol. The summed E-state index contributed by atoms with van der Waals surface area (Å²) in [5.74, 6) is 4.86. The smallest absolute Gasteiger partial charge is 0.135 e. The summed E-state index contributed by atoms with van der Waals surface area (Å²) >= 11 is -0.391. The van der Waals surface area contributed by atoms with Gasteiger partial charge in [0.05, 0.1) is 0 Å². The normalized spacial score (nSPS) is 19.1. The Balaban J connectivity index is 2.46. The molecule has 0 fully saturated rings. The lowest BCUT2D eigenvalue weighted by atomic mass is 10.1. The maximum absolute atomic E-state index is 2.49. The highest BCUT2D eigenvalue weighted by Gasteiger charge is 2.10. The number of hydrogen-bond donors (Lipinski definition) is 0. The van der Waals surface area contributed by atoms with Crippen LogP contribution >= 0.6 is 0 Å². The summed E-state index contributed by atoms with van der Waals surface area (Å²) in [4.78, 5) is 0. The van der Waals surface area contributed by atoms with Gasteiger partial charge in [0.1, 0.15) is 0 Å². The van der Waals surface area contributed by atoms with Crippen molar-refractivity contribution in [3.05, 3.63) is 10.5 Å². The van der Waals surface area contributed by atoms with Crippen LogP contribution in [0.5, 0.6) is 0 Å². The number of allylic oxidation sites excluding steroid dienone is 2. The van der Waals surface area contributed by atoms with E-state index >= 15 is 0 Å². The maximum atomic E-state index is 2.49. The van der Waals surface area contributed by atoms with Crippen LogP contribution in [0.15, 0.2) is 10.5 Å². The first-order valence-electron chi connectivity index (χ1n) is 3.99. The Bertz CT molecular complexity index is 114. The third-order valence-corrected chi connectivity index (χ3v) is 4.08. The third kappa shape index (κ3) is 2.16. The Morgan fingerprint density at radius 1 is 1.33 bits per heavy atom. The minimum absolute atomic E-state index is 0.391. The first-order valence-corrected chi connectivity index (χ1v) is 6.88. The highest BCUT2D eigenvalue weighted by Crippen LogP contribution is 2.18. The van der Waals surface area contributed by atoms with Gasteiger partial charge in [0.25, 0.3) is 14.1 Å². The summed E-state index contributed by atoms with van der Waals surface area (Å²) in [5, 5.41) is 0. The minimum Gasteiger partial charge on any atom is -0.135 e. The van der Waals surface area contributed by atoms with Crippen LogP contribution in [0.4, 0.5) is 0 Å². The zero-order valence-electron chi connectivity index (χ0n) is 6.48. The fourth-order valence-corrected chi connectivity index (χ4v) is 2.81. The van der Waals surface area contributed by atoms with Gasteiger partial charge in [-0.2, -0.15) is 0 Å². The number of hydrogen-bond acceptors (Lipinski definition) is 0. The van der Waals surface area contributed by atoms with Crippen molar-refractivity contribution in [2.75, 3.05) is 0 Å². The molecule has 0 nitrogen and oxygen atoms in total. The fourth-order valence-electron chi connectivity index (χ4n) is 1.39. The summed E-state index contributed by atoms with van der Waals surface area (Å²) in [6.07, 6.45) is 8.16. The molecule has 1 aliphatic rings. The quantitative estimate of drug-likeness (QED) is 0.489. The van der Waals surface area contributed by atoms with Crippen LogP contribution in [0.1, 0.15) is 25.7 Å². The van der Waals surface area contributed by atoms with E-state index < -0.39 is 14.1 Å². The zero-order valence-corrected chi connectivity index (χ0v) is 7.64. The van der Waals surface area contributed by atoms with Gasteiger partial charge in [-0.15, -0.1) is 22.1 Å². The number of rotatable bonds is 1. The lowest BCUT2D eigenvalue weighted by Gasteiger charge is -2.12. The molecule has 1 aliphatic carbocycles. The van der Waals surface area contributed by atoms with Gasteiger partial charge in [0.2, 0.25) is 0 Å². The van der Waals surface area contributed by atoms with Gasteiger partial charge in [-0.3, -0.25) is 0 Å². The van der Waals surface area contributed by atoms with Crippen molar-refractivity contribution >= 4 is 14.1 Å². The van der Waals surface area contributed by atoms with Crippen molar-refractivity contribution in [3.8, 4) is 0 Å². The topological polar surface area (TPSA) is 0 Å². The second kappa shape index (κ2) is 3.44. The monoisotopic (exact) mass is 138 g/mol. The summed E-state index contributed by atoms with van der Waals surface area (Å²) in [6, 6.07) is 0. The Morgan fingerprint density at radius 3 is 2.44 bits per heavy atom. The molecule has 0 aliphatic heterocycles. The molecule has 0 aromatic heterocycles. The van der Waals surface area contributed by atoms with E-state index in [0.717, 1.165) is 0 Å². The third-order valence-electron chi connectivity index (χ3n) is 2.07. The Hall–Kier alpha value is 0.272. The van der Waals surface area contributed by atoms with E-state index in [1.54, 1.807) is 0 Å². The molecule has 0 saturated heterocycles. The van der Waals surface area contributed by atoms with E-state index in [4.69, 9.17) is 0 Å². The SMILES string of the molecule is [CH3][Al]([CH3])[C]1=CCCCC1. The molecule has 9 heavy (non-hydrogen) atoms. The Kier molecular flexibility index (Phi) is 2.82. The summed E-state index contributed by atoms with van der Waals surface area (Å²) < 4.78 is 1.82. The summed E-state index contributed by atoms with van der Waals surface area (Å²) in [7, 11) is 0. The highest BCUT2D eigenvalue weighted by atomic mass is 27.2. The van der Waals surface area contributed by atoms with Crippen molar-refractivity contribution in [2.24, 2.45) is 0 Å². The van der Waals surface area contributed by atoms with E-state index in [-0.39, 0.29) is 0 Å². The molecule has 0 atom stereocenters. The van der Waals surface area contributed by atoms with Crippen molar-refractivity contribution in [1.82, 2.24) is 0 Å². The molecule has 0 N–H and O–H groups in total. The highest BCUT2D eigenvalue weighted by molar-refractivity contribution is 6.63. The van der Waals surface area contributed by atoms with Crippen LogP contribution in [0.2, 0.25) is 11.6 Å². The molecule has 0 radical (unpaired) electrons. The van der Waals surface area contributed by atoms with Crippen LogP contribution in [-0.2, 0) is 0 Å². The molecule has 0 bridgehead atoms. The summed E-state index contributed by atoms with van der Waals surface area (Å²) in [6.45, 7) is 0. The average molecular weight is 138 g/mol. The molecule has 0 aromatic carbocycles. The maximum Gasteiger partial charge on any atom is 0.292 e. The largest absolute Gasteiger partial charge is 0.292 e. The van der Waals surface area contributed by atoms with Gasteiger partial charge < -0.3 is 0 Å². The van der Waals surface area contributed by atoms with Gasteiger partial charge in [-0.1, -0.05) is 6.42 Å². The predicted molar refractivity (Wildman–Crippen MR) is 44.0 cm³/mol. The second-order valence-electron chi connectivity index (χ2n) is 3.18. The molecular formula is C8H15Al. The van der Waals surface area contributed by atoms with Gasteiger partial charge >= 0.3 is 0 Å². The molecule has 0 heterocycles. The molecule has 0 spiro atoms. The van der Waals surface area contributed by atoms with Crippen LogP contribution in [-0.4, -0.2) is 14.1 Å². The fraction of sp³-hybridized carbons (Fsp3) is 0.750. The molecule has 0 saturated carbocycles. The van der Waals surface area contributed by atoms with Crippen molar-refractivity contribution in [2.45, 2.75) is 37.3 Å². The molecule has 0 unspecified atom stereocenters. The Morgan fingerprint density at radius 2 is 2.11 bits per heavy atom. The minimum atomic E-state index is -0.391. The van der Waals surface area contributed by atoms with Gasteiger partial charge in [-0.05, 0) is 19.3 Å². The van der Waals surface area contributed by atoms with E-state index in [2.05, 4.69) is 17.6 Å². The molecule has 1 rings (SSSR count). The van der Waals surface area contributed by atoms with Crippen molar-refractivity contribution < 1.29 is 0 Å². The van der Waals surface area contributed by atoms with E-state index in [9.17, 15) is 0 Å². The van der Waals surface area contributed by atoms with Crippen molar-refractivity contribution in [1.29, 1.82) is 0 Å². The molecule has 0 aromatic rings. The van der Waals surface area contributed by atoms with E-state index in [1.165, 1.54) is 25.7 Å². The van der Waals surface area contributed by atoms with Gasteiger partial charge in [0.15, 0.2) is 0 Å². The predicted octanol–water partition coefficient (Wildman–Crippen LogP) is 2.78. The van der Waals surface area contributed by atoms with Crippen LogP contribution in [0.25, 0.3) is 0 Å². The van der Waals surface area contributed by atoms with E-state index in [0.29, 0.717) is 0 Å². The zero-order chi connectivity index (χ0) is 6.69. The summed E-state index contributed by atoms with van der Waals surface area (Å²) in [5.41, 5.74) is 0. The van der Waals surface area contributed by atoms with Crippen LogP contribution in [0, 0.1) is 0 Å². The lowest BCUT2D eigenvalue weighted by Crippen LogP contribution is -2.08. The van der Waals surface area contributed by atoms with Crippen LogP contribution in [0.3, 0.4) is 0 Å². The lowest BCUT2D eigenvalue weighted by molar-refractivity contribution is 0.719. The first-order chi connectivity index (χ1) is 4.30. The van der Waals surface area contributed by atoms with Gasteiger partial charge in [-0.25, -0.2) is 0 Å². The first kappa shape index (κ1) is 7.38. The van der Waals surface area contributed by atoms with Crippen molar-refractivity contribution in [3.63, 3.8) is 0 Å². The standard InChI is InChI=1S/C6H9.2CH3.Al/c1-2-4-6-5-3-1;;;/h1H,2,4-6H2;2*1H3;.